The molecule has 2 aromatic rings. The molecular formula is C15H16N4O. The lowest BCUT2D eigenvalue weighted by molar-refractivity contribution is 0.411. The molecule has 0 aliphatic carbocycles. The lowest BCUT2D eigenvalue weighted by Crippen LogP contribution is -2.02. The number of hydrogen-bond acceptors (Lipinski definition) is 5. The Morgan fingerprint density at radius 1 is 1.15 bits per heavy atom. The van der Waals surface area contributed by atoms with Crippen molar-refractivity contribution in [3.05, 3.63) is 34.5 Å². The van der Waals surface area contributed by atoms with Crippen LogP contribution in [0.4, 0.5) is 5.82 Å². The molecule has 2 N–H and O–H groups in total. The summed E-state index contributed by atoms with van der Waals surface area (Å²) in [6.45, 7) is 5.93. The minimum Gasteiger partial charge on any atom is -0.496 e. The van der Waals surface area contributed by atoms with E-state index >= 15 is 0 Å². The Hall–Kier alpha value is -2.61. The van der Waals surface area contributed by atoms with Gasteiger partial charge in [-0.25, -0.2) is 9.97 Å². The normalized spacial score (nSPS) is 10.2. The number of rotatable bonds is 2. The molecule has 0 spiro atoms. The molecule has 0 saturated carbocycles. The third kappa shape index (κ3) is 2.28. The molecule has 20 heavy (non-hydrogen) atoms. The van der Waals surface area contributed by atoms with E-state index in [0.717, 1.165) is 28.0 Å². The van der Waals surface area contributed by atoms with Gasteiger partial charge in [0.2, 0.25) is 0 Å². The minimum atomic E-state index is 0.264. The van der Waals surface area contributed by atoms with Crippen LogP contribution in [0.2, 0.25) is 0 Å². The molecule has 5 nitrogen and oxygen atoms in total. The SMILES string of the molecule is COc1cc(C)c(-c2nc(N)cc(C#N)n2)c(C)c1C. The third-order valence-corrected chi connectivity index (χ3v) is 3.35. The van der Waals surface area contributed by atoms with Crippen LogP contribution in [0.1, 0.15) is 22.4 Å². The predicted octanol–water partition coefficient (Wildman–Crippen LogP) is 2.53. The average molecular weight is 268 g/mol. The topological polar surface area (TPSA) is 84.8 Å². The molecule has 0 bridgehead atoms. The van der Waals surface area contributed by atoms with E-state index in [0.29, 0.717) is 11.6 Å². The van der Waals surface area contributed by atoms with Crippen LogP contribution in [0.15, 0.2) is 12.1 Å². The van der Waals surface area contributed by atoms with E-state index < -0.39 is 0 Å². The Labute approximate surface area is 118 Å². The molecule has 1 aromatic carbocycles. The standard InChI is InChI=1S/C15H16N4O/c1-8-5-12(20-4)9(2)10(3)14(8)15-18-11(7-16)6-13(17)19-15/h5-6H,1-4H3,(H2,17,18,19). The van der Waals surface area contributed by atoms with E-state index in [1.165, 1.54) is 6.07 Å². The van der Waals surface area contributed by atoms with Gasteiger partial charge in [0.1, 0.15) is 23.3 Å². The van der Waals surface area contributed by atoms with Gasteiger partial charge in [0, 0.05) is 11.6 Å². The van der Waals surface area contributed by atoms with Gasteiger partial charge in [-0.1, -0.05) is 0 Å². The maximum atomic E-state index is 8.99. The Morgan fingerprint density at radius 2 is 1.85 bits per heavy atom. The van der Waals surface area contributed by atoms with Gasteiger partial charge >= 0.3 is 0 Å². The van der Waals surface area contributed by atoms with Crippen molar-refractivity contribution in [1.82, 2.24) is 9.97 Å². The first-order valence-corrected chi connectivity index (χ1v) is 6.17. The van der Waals surface area contributed by atoms with Crippen LogP contribution in [0, 0.1) is 32.1 Å². The van der Waals surface area contributed by atoms with Crippen molar-refractivity contribution in [2.45, 2.75) is 20.8 Å². The first-order valence-electron chi connectivity index (χ1n) is 6.17. The molecule has 0 atom stereocenters. The molecule has 0 amide bonds. The highest BCUT2D eigenvalue weighted by molar-refractivity contribution is 5.70. The number of nitriles is 1. The van der Waals surface area contributed by atoms with Crippen LogP contribution in [0.25, 0.3) is 11.4 Å². The number of aryl methyl sites for hydroxylation is 1. The first-order chi connectivity index (χ1) is 9.47. The van der Waals surface area contributed by atoms with Crippen LogP contribution in [0.5, 0.6) is 5.75 Å². The Balaban J connectivity index is 2.74. The summed E-state index contributed by atoms with van der Waals surface area (Å²) in [5, 5.41) is 8.99. The molecule has 0 unspecified atom stereocenters. The third-order valence-electron chi connectivity index (χ3n) is 3.35. The van der Waals surface area contributed by atoms with Crippen LogP contribution in [0.3, 0.4) is 0 Å². The number of nitrogen functional groups attached to an aromatic ring is 1. The smallest absolute Gasteiger partial charge is 0.163 e. The summed E-state index contributed by atoms with van der Waals surface area (Å²) < 4.78 is 5.35. The van der Waals surface area contributed by atoms with Crippen LogP contribution in [-0.4, -0.2) is 17.1 Å². The summed E-state index contributed by atoms with van der Waals surface area (Å²) in [4.78, 5) is 8.49. The summed E-state index contributed by atoms with van der Waals surface area (Å²) in [6.07, 6.45) is 0. The highest BCUT2D eigenvalue weighted by Gasteiger charge is 2.15. The van der Waals surface area contributed by atoms with Crippen LogP contribution in [-0.2, 0) is 0 Å². The van der Waals surface area contributed by atoms with Crippen LogP contribution < -0.4 is 10.5 Å². The second-order valence-corrected chi connectivity index (χ2v) is 4.63. The van der Waals surface area contributed by atoms with Crippen molar-refractivity contribution >= 4 is 5.82 Å². The highest BCUT2D eigenvalue weighted by atomic mass is 16.5. The number of anilines is 1. The molecule has 0 aliphatic rings. The summed E-state index contributed by atoms with van der Waals surface area (Å²) in [7, 11) is 1.64. The lowest BCUT2D eigenvalue weighted by atomic mass is 9.96. The van der Waals surface area contributed by atoms with Gasteiger partial charge in [0.05, 0.1) is 7.11 Å². The average Bonchev–Trinajstić information content (AvgIpc) is 2.42. The Morgan fingerprint density at radius 3 is 2.45 bits per heavy atom. The van der Waals surface area contributed by atoms with E-state index in [-0.39, 0.29) is 5.69 Å². The van der Waals surface area contributed by atoms with Crippen molar-refractivity contribution in [2.75, 3.05) is 12.8 Å². The number of nitrogens with zero attached hydrogens (tertiary/aromatic N) is 3. The maximum absolute atomic E-state index is 8.99. The van der Waals surface area contributed by atoms with Gasteiger partial charge in [-0.2, -0.15) is 5.26 Å². The molecule has 0 radical (unpaired) electrons. The Bertz CT molecular complexity index is 717. The number of benzene rings is 1. The second-order valence-electron chi connectivity index (χ2n) is 4.63. The quantitative estimate of drug-likeness (QED) is 0.904. The van der Waals surface area contributed by atoms with Crippen molar-refractivity contribution in [3.8, 4) is 23.2 Å². The molecule has 0 saturated heterocycles. The molecule has 5 heteroatoms. The van der Waals surface area contributed by atoms with Crippen molar-refractivity contribution in [1.29, 1.82) is 5.26 Å². The number of hydrogen-bond donors (Lipinski definition) is 1. The lowest BCUT2D eigenvalue weighted by Gasteiger charge is -2.15. The first kappa shape index (κ1) is 13.8. The fraction of sp³-hybridized carbons (Fsp3) is 0.267. The van der Waals surface area contributed by atoms with Gasteiger partial charge in [-0.15, -0.1) is 0 Å². The fourth-order valence-electron chi connectivity index (χ4n) is 2.24. The summed E-state index contributed by atoms with van der Waals surface area (Å²) >= 11 is 0. The van der Waals surface area contributed by atoms with Gasteiger partial charge in [-0.3, -0.25) is 0 Å². The number of aromatic nitrogens is 2. The van der Waals surface area contributed by atoms with E-state index in [4.69, 9.17) is 15.7 Å². The van der Waals surface area contributed by atoms with Crippen LogP contribution >= 0.6 is 0 Å². The molecule has 1 aromatic heterocycles. The summed E-state index contributed by atoms with van der Waals surface area (Å²) in [5.41, 5.74) is 9.93. The van der Waals surface area contributed by atoms with E-state index in [9.17, 15) is 0 Å². The highest BCUT2D eigenvalue weighted by Crippen LogP contribution is 2.33. The zero-order chi connectivity index (χ0) is 14.9. The predicted molar refractivity (Wildman–Crippen MR) is 77.4 cm³/mol. The largest absolute Gasteiger partial charge is 0.496 e. The van der Waals surface area contributed by atoms with E-state index in [1.807, 2.05) is 32.9 Å². The zero-order valence-corrected chi connectivity index (χ0v) is 12.0. The van der Waals surface area contributed by atoms with Crippen molar-refractivity contribution in [2.24, 2.45) is 0 Å². The molecule has 2 rings (SSSR count). The van der Waals surface area contributed by atoms with Gasteiger partial charge in [0.25, 0.3) is 0 Å². The molecular weight excluding hydrogens is 252 g/mol. The van der Waals surface area contributed by atoms with Crippen molar-refractivity contribution < 1.29 is 4.74 Å². The minimum absolute atomic E-state index is 0.264. The van der Waals surface area contributed by atoms with Gasteiger partial charge in [0.15, 0.2) is 5.82 Å². The summed E-state index contributed by atoms with van der Waals surface area (Å²) in [5.74, 6) is 1.59. The van der Waals surface area contributed by atoms with Gasteiger partial charge < -0.3 is 10.5 Å². The van der Waals surface area contributed by atoms with E-state index in [2.05, 4.69) is 9.97 Å². The Kier molecular flexibility index (Phi) is 3.57. The number of ether oxygens (including phenoxy) is 1. The molecule has 102 valence electrons. The second kappa shape index (κ2) is 5.17. The van der Waals surface area contributed by atoms with Gasteiger partial charge in [-0.05, 0) is 43.5 Å². The molecule has 0 aliphatic heterocycles. The molecule has 1 heterocycles. The number of methoxy groups -OCH3 is 1. The zero-order valence-electron chi connectivity index (χ0n) is 12.0. The number of nitrogens with two attached hydrogens (primary N) is 1. The monoisotopic (exact) mass is 268 g/mol. The maximum Gasteiger partial charge on any atom is 0.163 e. The van der Waals surface area contributed by atoms with E-state index in [1.54, 1.807) is 7.11 Å². The molecule has 0 fully saturated rings. The van der Waals surface area contributed by atoms with Crippen molar-refractivity contribution in [3.63, 3.8) is 0 Å². The summed E-state index contributed by atoms with van der Waals surface area (Å²) in [6, 6.07) is 5.40. The fourth-order valence-corrected chi connectivity index (χ4v) is 2.24.